The van der Waals surface area contributed by atoms with E-state index in [1.807, 2.05) is 18.2 Å². The van der Waals surface area contributed by atoms with Crippen molar-refractivity contribution in [2.24, 2.45) is 0 Å². The van der Waals surface area contributed by atoms with Gasteiger partial charge in [0.15, 0.2) is 0 Å². The normalized spacial score (nSPS) is 9.67. The van der Waals surface area contributed by atoms with Gasteiger partial charge in [-0.05, 0) is 24.3 Å². The maximum Gasteiger partial charge on any atom is 0.238 e. The van der Waals surface area contributed by atoms with Gasteiger partial charge in [0.25, 0.3) is 0 Å². The van der Waals surface area contributed by atoms with Crippen LogP contribution in [0.15, 0.2) is 48.5 Å². The number of ether oxygens (including phenoxy) is 1. The number of hydrogen-bond acceptors (Lipinski definition) is 4. The quantitative estimate of drug-likeness (QED) is 0.855. The summed E-state index contributed by atoms with van der Waals surface area (Å²) in [4.78, 5) is 23.6. The van der Waals surface area contributed by atoms with Gasteiger partial charge in [-0.3, -0.25) is 9.59 Å². The van der Waals surface area contributed by atoms with Crippen LogP contribution in [0.2, 0.25) is 0 Å². The van der Waals surface area contributed by atoms with E-state index in [9.17, 15) is 9.59 Å². The van der Waals surface area contributed by atoms with Gasteiger partial charge >= 0.3 is 0 Å². The van der Waals surface area contributed by atoms with E-state index in [0.29, 0.717) is 17.1 Å². The van der Waals surface area contributed by atoms with Crippen molar-refractivity contribution in [2.75, 3.05) is 17.7 Å². The van der Waals surface area contributed by atoms with Crippen LogP contribution in [0.5, 0.6) is 5.75 Å². The molecule has 0 saturated carbocycles. The average Bonchev–Trinajstić information content (AvgIpc) is 2.55. The van der Waals surface area contributed by atoms with E-state index in [1.165, 1.54) is 0 Å². The number of nitrogens with one attached hydrogen (secondary N) is 2. The summed E-state index contributed by atoms with van der Waals surface area (Å²) in [5, 5.41) is 13.9. The van der Waals surface area contributed by atoms with Crippen molar-refractivity contribution in [1.82, 2.24) is 0 Å². The van der Waals surface area contributed by atoms with Gasteiger partial charge in [-0.2, -0.15) is 5.26 Å². The largest absolute Gasteiger partial charge is 0.496 e. The van der Waals surface area contributed by atoms with Gasteiger partial charge in [-0.25, -0.2) is 0 Å². The number of carbonyl (C=O) groups is 2. The Bertz CT molecular complexity index is 781. The highest BCUT2D eigenvalue weighted by atomic mass is 16.5. The lowest BCUT2D eigenvalue weighted by atomic mass is 10.1. The molecule has 0 aliphatic carbocycles. The van der Waals surface area contributed by atoms with E-state index in [-0.39, 0.29) is 18.7 Å². The molecule has 0 spiro atoms. The van der Waals surface area contributed by atoms with Gasteiger partial charge < -0.3 is 15.4 Å². The van der Waals surface area contributed by atoms with Crippen LogP contribution >= 0.6 is 0 Å². The molecule has 0 bridgehead atoms. The first kappa shape index (κ1) is 17.0. The van der Waals surface area contributed by atoms with Crippen LogP contribution < -0.4 is 15.4 Å². The number of methoxy groups -OCH3 is 1. The number of nitrogens with zero attached hydrogens (tertiary/aromatic N) is 1. The lowest BCUT2D eigenvalue weighted by Crippen LogP contribution is -2.15. The second-order valence-corrected chi connectivity index (χ2v) is 5.00. The molecule has 24 heavy (non-hydrogen) atoms. The number of rotatable bonds is 6. The molecule has 2 rings (SSSR count). The summed E-state index contributed by atoms with van der Waals surface area (Å²) in [6, 6.07) is 15.8. The molecular weight excluding hydrogens is 306 g/mol. The van der Waals surface area contributed by atoms with Crippen molar-refractivity contribution in [3.8, 4) is 11.8 Å². The maximum atomic E-state index is 12.2. The minimum absolute atomic E-state index is 0.176. The summed E-state index contributed by atoms with van der Waals surface area (Å²) in [7, 11) is 1.56. The molecule has 0 fully saturated rings. The number of carbonyl (C=O) groups excluding carboxylic acids is 2. The van der Waals surface area contributed by atoms with Gasteiger partial charge in [0.2, 0.25) is 11.8 Å². The number of anilines is 2. The van der Waals surface area contributed by atoms with E-state index >= 15 is 0 Å². The fourth-order valence-corrected chi connectivity index (χ4v) is 2.18. The third-order valence-corrected chi connectivity index (χ3v) is 3.21. The highest BCUT2D eigenvalue weighted by Gasteiger charge is 2.09. The van der Waals surface area contributed by atoms with Crippen LogP contribution in [0.4, 0.5) is 11.4 Å². The molecule has 2 aromatic rings. The van der Waals surface area contributed by atoms with E-state index in [4.69, 9.17) is 10.00 Å². The van der Waals surface area contributed by atoms with Crippen LogP contribution in [0.1, 0.15) is 12.0 Å². The molecule has 0 atom stereocenters. The van der Waals surface area contributed by atoms with Gasteiger partial charge in [-0.1, -0.05) is 24.3 Å². The monoisotopic (exact) mass is 323 g/mol. The first-order valence-electron chi connectivity index (χ1n) is 7.31. The van der Waals surface area contributed by atoms with Crippen molar-refractivity contribution in [3.63, 3.8) is 0 Å². The Kier molecular flexibility index (Phi) is 5.92. The first-order valence-corrected chi connectivity index (χ1v) is 7.31. The summed E-state index contributed by atoms with van der Waals surface area (Å²) < 4.78 is 5.23. The zero-order valence-electron chi connectivity index (χ0n) is 13.2. The Morgan fingerprint density at radius 1 is 1.04 bits per heavy atom. The molecule has 0 unspecified atom stereocenters. The molecule has 0 aromatic heterocycles. The Balaban J connectivity index is 2.01. The minimum Gasteiger partial charge on any atom is -0.496 e. The summed E-state index contributed by atoms with van der Waals surface area (Å²) >= 11 is 0. The smallest absolute Gasteiger partial charge is 0.238 e. The number of hydrogen-bond donors (Lipinski definition) is 2. The van der Waals surface area contributed by atoms with Gasteiger partial charge in [0.1, 0.15) is 12.2 Å². The molecule has 0 radical (unpaired) electrons. The lowest BCUT2D eigenvalue weighted by molar-refractivity contribution is -0.116. The van der Waals surface area contributed by atoms with Crippen LogP contribution in [0.3, 0.4) is 0 Å². The van der Waals surface area contributed by atoms with E-state index in [2.05, 4.69) is 10.6 Å². The van der Waals surface area contributed by atoms with Crippen LogP contribution in [-0.4, -0.2) is 18.9 Å². The predicted molar refractivity (Wildman–Crippen MR) is 90.6 cm³/mol. The molecule has 6 nitrogen and oxygen atoms in total. The molecule has 0 aliphatic rings. The number of para-hydroxylation sites is 1. The molecular formula is C18H17N3O3. The number of nitriles is 1. The predicted octanol–water partition coefficient (Wildman–Crippen LogP) is 2.73. The molecule has 2 amide bonds. The van der Waals surface area contributed by atoms with Crippen molar-refractivity contribution >= 4 is 23.2 Å². The number of amides is 2. The molecule has 0 saturated heterocycles. The summed E-state index contributed by atoms with van der Waals surface area (Å²) in [5.41, 5.74) is 1.87. The molecule has 6 heteroatoms. The standard InChI is InChI=1S/C18H17N3O3/c1-24-16-8-3-2-5-13(16)11-18(23)21-15-7-4-6-14(12-15)20-17(22)9-10-19/h2-8,12H,9,11H2,1H3,(H,20,22)(H,21,23). The van der Waals surface area contributed by atoms with Crippen molar-refractivity contribution in [3.05, 3.63) is 54.1 Å². The summed E-state index contributed by atoms with van der Waals surface area (Å²) in [6.07, 6.45) is -0.0422. The van der Waals surface area contributed by atoms with Crippen molar-refractivity contribution in [2.45, 2.75) is 12.8 Å². The average molecular weight is 323 g/mol. The van der Waals surface area contributed by atoms with Crippen LogP contribution in [0.25, 0.3) is 0 Å². The Hall–Kier alpha value is -3.33. The molecule has 0 aliphatic heterocycles. The summed E-state index contributed by atoms with van der Waals surface area (Å²) in [5.74, 6) is 0.0696. The maximum absolute atomic E-state index is 12.2. The Labute approximate surface area is 140 Å². The van der Waals surface area contributed by atoms with E-state index < -0.39 is 5.91 Å². The molecule has 0 heterocycles. The highest BCUT2D eigenvalue weighted by Crippen LogP contribution is 2.19. The Morgan fingerprint density at radius 3 is 2.38 bits per heavy atom. The van der Waals surface area contributed by atoms with Crippen molar-refractivity contribution in [1.29, 1.82) is 5.26 Å². The van der Waals surface area contributed by atoms with Crippen LogP contribution in [-0.2, 0) is 16.0 Å². The topological polar surface area (TPSA) is 91.2 Å². The zero-order chi connectivity index (χ0) is 17.4. The second kappa shape index (κ2) is 8.34. The van der Waals surface area contributed by atoms with E-state index in [0.717, 1.165) is 5.56 Å². The SMILES string of the molecule is COc1ccccc1CC(=O)Nc1cccc(NC(=O)CC#N)c1. The zero-order valence-corrected chi connectivity index (χ0v) is 13.2. The minimum atomic E-state index is -0.394. The second-order valence-electron chi connectivity index (χ2n) is 5.00. The fraction of sp³-hybridized carbons (Fsp3) is 0.167. The van der Waals surface area contributed by atoms with Crippen LogP contribution in [0, 0.1) is 11.3 Å². The molecule has 122 valence electrons. The summed E-state index contributed by atoms with van der Waals surface area (Å²) in [6.45, 7) is 0. The van der Waals surface area contributed by atoms with Crippen molar-refractivity contribution < 1.29 is 14.3 Å². The first-order chi connectivity index (χ1) is 11.6. The lowest BCUT2D eigenvalue weighted by Gasteiger charge is -2.10. The Morgan fingerprint density at radius 2 is 1.71 bits per heavy atom. The molecule has 2 aromatic carbocycles. The van der Waals surface area contributed by atoms with Gasteiger partial charge in [0, 0.05) is 16.9 Å². The highest BCUT2D eigenvalue weighted by molar-refractivity contribution is 5.95. The number of benzene rings is 2. The fourth-order valence-electron chi connectivity index (χ4n) is 2.18. The third-order valence-electron chi connectivity index (χ3n) is 3.21. The van der Waals surface area contributed by atoms with E-state index in [1.54, 1.807) is 43.5 Å². The third kappa shape index (κ3) is 4.85. The van der Waals surface area contributed by atoms with Gasteiger partial charge in [0.05, 0.1) is 19.6 Å². The van der Waals surface area contributed by atoms with Gasteiger partial charge in [-0.15, -0.1) is 0 Å². The molecule has 2 N–H and O–H groups in total.